The summed E-state index contributed by atoms with van der Waals surface area (Å²) in [5.74, 6) is -1.51. The lowest BCUT2D eigenvalue weighted by Gasteiger charge is -2.22. The molecular weight excluding hydrogens is 222 g/mol. The fraction of sp³-hybridized carbons (Fsp3) is 0.364. The van der Waals surface area contributed by atoms with Gasteiger partial charge >= 0.3 is 5.97 Å². The molecule has 0 aromatic carbocycles. The number of pyridine rings is 1. The van der Waals surface area contributed by atoms with E-state index in [9.17, 15) is 9.59 Å². The molecule has 1 aromatic rings. The minimum absolute atomic E-state index is 0.0765. The number of aliphatic carboxylic acids is 1. The van der Waals surface area contributed by atoms with E-state index in [4.69, 9.17) is 10.8 Å². The van der Waals surface area contributed by atoms with Crippen LogP contribution in [0.5, 0.6) is 0 Å². The van der Waals surface area contributed by atoms with Gasteiger partial charge in [0, 0.05) is 17.9 Å². The van der Waals surface area contributed by atoms with Crippen LogP contribution in [0.25, 0.3) is 0 Å². The number of carbonyl (C=O) groups is 2. The first kappa shape index (κ1) is 11.4. The molecule has 2 rings (SSSR count). The monoisotopic (exact) mass is 235 g/mol. The van der Waals surface area contributed by atoms with Gasteiger partial charge in [-0.2, -0.15) is 0 Å². The molecule has 6 nitrogen and oxygen atoms in total. The van der Waals surface area contributed by atoms with E-state index in [1.54, 1.807) is 11.0 Å². The molecule has 6 heteroatoms. The minimum atomic E-state index is -0.894. The second-order valence-electron chi connectivity index (χ2n) is 4.02. The maximum Gasteiger partial charge on any atom is 0.323 e. The zero-order valence-corrected chi connectivity index (χ0v) is 9.17. The van der Waals surface area contributed by atoms with Crippen LogP contribution in [0.2, 0.25) is 0 Å². The summed E-state index contributed by atoms with van der Waals surface area (Å²) >= 11 is 0. The number of primary amides is 1. The Bertz CT molecular complexity index is 457. The van der Waals surface area contributed by atoms with Crippen molar-refractivity contribution in [3.8, 4) is 0 Å². The first-order chi connectivity index (χ1) is 8.08. The topological polar surface area (TPSA) is 96.5 Å². The van der Waals surface area contributed by atoms with Crippen molar-refractivity contribution < 1.29 is 14.7 Å². The molecule has 0 spiro atoms. The summed E-state index contributed by atoms with van der Waals surface area (Å²) in [6, 6.07) is 3.46. The lowest BCUT2D eigenvalue weighted by atomic mass is 10.2. The van der Waals surface area contributed by atoms with E-state index in [1.807, 2.05) is 0 Å². The van der Waals surface area contributed by atoms with Crippen molar-refractivity contribution in [2.75, 3.05) is 11.4 Å². The second-order valence-corrected chi connectivity index (χ2v) is 4.02. The minimum Gasteiger partial charge on any atom is -0.480 e. The van der Waals surface area contributed by atoms with E-state index in [1.165, 1.54) is 12.3 Å². The maximum atomic E-state index is 11.0. The highest BCUT2D eigenvalue weighted by atomic mass is 16.4. The van der Waals surface area contributed by atoms with Gasteiger partial charge in [-0.3, -0.25) is 14.6 Å². The third-order valence-corrected chi connectivity index (χ3v) is 2.62. The summed E-state index contributed by atoms with van der Waals surface area (Å²) in [4.78, 5) is 27.4. The van der Waals surface area contributed by atoms with Crippen molar-refractivity contribution in [2.24, 2.45) is 5.73 Å². The average molecular weight is 235 g/mol. The highest BCUT2D eigenvalue weighted by Crippen LogP contribution is 2.31. The number of carbonyl (C=O) groups excluding carboxylic acids is 1. The highest BCUT2D eigenvalue weighted by Gasteiger charge is 2.30. The summed E-state index contributed by atoms with van der Waals surface area (Å²) in [6.45, 7) is -0.0765. The van der Waals surface area contributed by atoms with E-state index in [-0.39, 0.29) is 18.3 Å². The molecule has 0 unspecified atom stereocenters. The van der Waals surface area contributed by atoms with E-state index in [0.717, 1.165) is 12.8 Å². The number of carboxylic acid groups (broad SMARTS) is 1. The number of hydrogen-bond acceptors (Lipinski definition) is 4. The number of anilines is 1. The van der Waals surface area contributed by atoms with Gasteiger partial charge in [0.1, 0.15) is 12.2 Å². The van der Waals surface area contributed by atoms with Gasteiger partial charge in [0.2, 0.25) is 0 Å². The molecule has 1 heterocycles. The third kappa shape index (κ3) is 2.72. The fourth-order valence-corrected chi connectivity index (χ4v) is 1.70. The van der Waals surface area contributed by atoms with Gasteiger partial charge in [-0.15, -0.1) is 0 Å². The normalized spacial score (nSPS) is 14.4. The number of hydrogen-bond donors (Lipinski definition) is 2. The standard InChI is InChI=1S/C11H13N3O3/c12-11(17)9-5-8(3-4-13-9)14(6-10(15)16)7-1-2-7/h3-5,7H,1-2,6H2,(H2,12,17)(H,15,16). The van der Waals surface area contributed by atoms with Crippen molar-refractivity contribution in [3.63, 3.8) is 0 Å². The first-order valence-corrected chi connectivity index (χ1v) is 5.32. The zero-order chi connectivity index (χ0) is 12.4. The zero-order valence-electron chi connectivity index (χ0n) is 9.17. The Labute approximate surface area is 98.1 Å². The van der Waals surface area contributed by atoms with Crippen LogP contribution < -0.4 is 10.6 Å². The molecule has 1 saturated carbocycles. The second kappa shape index (κ2) is 4.40. The van der Waals surface area contributed by atoms with Crippen LogP contribution in [0.15, 0.2) is 18.3 Å². The lowest BCUT2D eigenvalue weighted by Crippen LogP contribution is -2.32. The van der Waals surface area contributed by atoms with Gasteiger partial charge in [-0.05, 0) is 25.0 Å². The van der Waals surface area contributed by atoms with Crippen LogP contribution in [0, 0.1) is 0 Å². The molecule has 90 valence electrons. The Morgan fingerprint density at radius 3 is 2.76 bits per heavy atom. The van der Waals surface area contributed by atoms with Crippen molar-refractivity contribution in [2.45, 2.75) is 18.9 Å². The number of nitrogens with two attached hydrogens (primary N) is 1. The number of amides is 1. The van der Waals surface area contributed by atoms with E-state index >= 15 is 0 Å². The molecule has 0 radical (unpaired) electrons. The molecule has 0 saturated heterocycles. The van der Waals surface area contributed by atoms with E-state index < -0.39 is 11.9 Å². The average Bonchev–Trinajstić information content (AvgIpc) is 3.09. The molecule has 17 heavy (non-hydrogen) atoms. The predicted molar refractivity (Wildman–Crippen MR) is 60.8 cm³/mol. The number of rotatable bonds is 5. The molecule has 1 aliphatic carbocycles. The van der Waals surface area contributed by atoms with Crippen molar-refractivity contribution in [1.29, 1.82) is 0 Å². The Kier molecular flexibility index (Phi) is 2.95. The van der Waals surface area contributed by atoms with Crippen LogP contribution in [0.1, 0.15) is 23.3 Å². The van der Waals surface area contributed by atoms with E-state index in [2.05, 4.69) is 4.98 Å². The summed E-state index contributed by atoms with van der Waals surface area (Å²) < 4.78 is 0. The molecule has 3 N–H and O–H groups in total. The number of aromatic nitrogens is 1. The SMILES string of the molecule is NC(=O)c1cc(N(CC(=O)O)C2CC2)ccn1. The fourth-order valence-electron chi connectivity index (χ4n) is 1.70. The van der Waals surface area contributed by atoms with Gasteiger partial charge in [0.15, 0.2) is 0 Å². The van der Waals surface area contributed by atoms with Crippen LogP contribution in [-0.2, 0) is 4.79 Å². The molecule has 0 bridgehead atoms. The van der Waals surface area contributed by atoms with Gasteiger partial charge in [0.25, 0.3) is 5.91 Å². The van der Waals surface area contributed by atoms with Crippen LogP contribution in [0.3, 0.4) is 0 Å². The molecule has 1 aliphatic rings. The molecule has 0 aliphatic heterocycles. The van der Waals surface area contributed by atoms with Gasteiger partial charge in [-0.25, -0.2) is 0 Å². The molecule has 1 fully saturated rings. The third-order valence-electron chi connectivity index (χ3n) is 2.62. The van der Waals surface area contributed by atoms with Crippen LogP contribution in [0.4, 0.5) is 5.69 Å². The van der Waals surface area contributed by atoms with Gasteiger partial charge in [0.05, 0.1) is 0 Å². The number of carboxylic acids is 1. The Balaban J connectivity index is 2.25. The molecule has 0 atom stereocenters. The Morgan fingerprint density at radius 2 is 2.24 bits per heavy atom. The van der Waals surface area contributed by atoms with Gasteiger partial charge in [-0.1, -0.05) is 0 Å². The van der Waals surface area contributed by atoms with Gasteiger partial charge < -0.3 is 15.7 Å². The van der Waals surface area contributed by atoms with Crippen molar-refractivity contribution >= 4 is 17.6 Å². The largest absolute Gasteiger partial charge is 0.480 e. The quantitative estimate of drug-likeness (QED) is 0.761. The molecule has 1 amide bonds. The Morgan fingerprint density at radius 1 is 1.53 bits per heavy atom. The van der Waals surface area contributed by atoms with Crippen LogP contribution >= 0.6 is 0 Å². The van der Waals surface area contributed by atoms with E-state index in [0.29, 0.717) is 5.69 Å². The Hall–Kier alpha value is -2.11. The summed E-state index contributed by atoms with van der Waals surface area (Å²) in [5, 5.41) is 8.85. The lowest BCUT2D eigenvalue weighted by molar-refractivity contribution is -0.135. The summed E-state index contributed by atoms with van der Waals surface area (Å²) in [7, 11) is 0. The maximum absolute atomic E-state index is 11.0. The van der Waals surface area contributed by atoms with Crippen LogP contribution in [-0.4, -0.2) is 34.6 Å². The van der Waals surface area contributed by atoms with Crippen molar-refractivity contribution in [3.05, 3.63) is 24.0 Å². The first-order valence-electron chi connectivity index (χ1n) is 5.32. The van der Waals surface area contributed by atoms with Crippen molar-refractivity contribution in [1.82, 2.24) is 4.98 Å². The smallest absolute Gasteiger partial charge is 0.323 e. The predicted octanol–water partition coefficient (Wildman–Crippen LogP) is 0.234. The number of nitrogens with zero attached hydrogens (tertiary/aromatic N) is 2. The summed E-state index contributed by atoms with van der Waals surface area (Å²) in [5.41, 5.74) is 5.97. The highest BCUT2D eigenvalue weighted by molar-refractivity contribution is 5.91. The summed E-state index contributed by atoms with van der Waals surface area (Å²) in [6.07, 6.45) is 3.41. The molecular formula is C11H13N3O3. The molecule has 1 aromatic heterocycles.